The van der Waals surface area contributed by atoms with Gasteiger partial charge in [-0.15, -0.1) is 0 Å². The summed E-state index contributed by atoms with van der Waals surface area (Å²) in [4.78, 5) is 25.7. The number of fused-ring (bicyclic) bond motifs is 1. The summed E-state index contributed by atoms with van der Waals surface area (Å²) in [5.41, 5.74) is -2.10. The largest absolute Gasteiger partial charge is 0.467 e. The van der Waals surface area contributed by atoms with E-state index in [1.165, 1.54) is 24.2 Å². The Labute approximate surface area is 129 Å². The van der Waals surface area contributed by atoms with Crippen molar-refractivity contribution in [1.29, 1.82) is 0 Å². The number of carbonyl (C=O) groups excluding carboxylic acids is 2. The molecule has 7 nitrogen and oxygen atoms in total. The van der Waals surface area contributed by atoms with E-state index in [2.05, 4.69) is 0 Å². The molecule has 1 fully saturated rings. The molecule has 1 aliphatic heterocycles. The third kappa shape index (κ3) is 3.10. The molecule has 0 bridgehead atoms. The topological polar surface area (TPSA) is 96.3 Å². The van der Waals surface area contributed by atoms with Crippen molar-refractivity contribution in [3.05, 3.63) is 12.2 Å². The molecule has 2 aliphatic rings. The number of methoxy groups -OCH3 is 1. The standard InChI is InChI=1S/C15H23NO6/c1-14(2,3)22-13(19)16-10(12(18)21-4)8-15(20)6-5-9(17)7-11(15)16/h5-6,9-11,17,20H,7-8H2,1-4H3/t9-,10+,11-,15+/m1/s1. The van der Waals surface area contributed by atoms with E-state index in [4.69, 9.17) is 9.47 Å². The summed E-state index contributed by atoms with van der Waals surface area (Å²) >= 11 is 0. The van der Waals surface area contributed by atoms with Crippen LogP contribution in [0.3, 0.4) is 0 Å². The zero-order valence-electron chi connectivity index (χ0n) is 13.3. The minimum absolute atomic E-state index is 0.0206. The Morgan fingerprint density at radius 1 is 1.36 bits per heavy atom. The van der Waals surface area contributed by atoms with E-state index in [0.29, 0.717) is 0 Å². The maximum absolute atomic E-state index is 12.5. The van der Waals surface area contributed by atoms with Gasteiger partial charge in [0.15, 0.2) is 0 Å². The van der Waals surface area contributed by atoms with Crippen molar-refractivity contribution in [2.45, 2.75) is 63.0 Å². The van der Waals surface area contributed by atoms with Crippen LogP contribution in [0.2, 0.25) is 0 Å². The summed E-state index contributed by atoms with van der Waals surface area (Å²) in [5.74, 6) is -0.614. The molecule has 0 aromatic heterocycles. The Hall–Kier alpha value is -1.60. The second-order valence-corrected chi connectivity index (χ2v) is 6.80. The molecule has 1 saturated heterocycles. The van der Waals surface area contributed by atoms with Crippen molar-refractivity contribution >= 4 is 12.1 Å². The number of rotatable bonds is 1. The van der Waals surface area contributed by atoms with Crippen molar-refractivity contribution < 1.29 is 29.3 Å². The predicted octanol–water partition coefficient (Wildman–Crippen LogP) is 0.589. The molecule has 124 valence electrons. The highest BCUT2D eigenvalue weighted by atomic mass is 16.6. The average molecular weight is 313 g/mol. The number of likely N-dealkylation sites (tertiary alicyclic amines) is 1. The summed E-state index contributed by atoms with van der Waals surface area (Å²) in [6.07, 6.45) is 1.60. The van der Waals surface area contributed by atoms with Crippen LogP contribution in [0, 0.1) is 0 Å². The maximum atomic E-state index is 12.5. The van der Waals surface area contributed by atoms with Crippen LogP contribution in [0.5, 0.6) is 0 Å². The first-order valence-corrected chi connectivity index (χ1v) is 7.26. The van der Waals surface area contributed by atoms with Crippen LogP contribution in [0.1, 0.15) is 33.6 Å². The number of amides is 1. The zero-order chi connectivity index (χ0) is 16.7. The Bertz CT molecular complexity index is 497. The fraction of sp³-hybridized carbons (Fsp3) is 0.733. The molecule has 2 rings (SSSR count). The molecule has 0 spiro atoms. The lowest BCUT2D eigenvalue weighted by atomic mass is 9.84. The van der Waals surface area contributed by atoms with Crippen LogP contribution in [0.15, 0.2) is 12.2 Å². The Balaban J connectivity index is 2.34. The van der Waals surface area contributed by atoms with E-state index in [9.17, 15) is 19.8 Å². The molecule has 4 atom stereocenters. The number of aliphatic hydroxyl groups is 2. The highest BCUT2D eigenvalue weighted by Gasteiger charge is 2.57. The van der Waals surface area contributed by atoms with Crippen LogP contribution < -0.4 is 0 Å². The van der Waals surface area contributed by atoms with Crippen LogP contribution in [0.4, 0.5) is 4.79 Å². The summed E-state index contributed by atoms with van der Waals surface area (Å²) in [7, 11) is 1.23. The molecule has 2 N–H and O–H groups in total. The number of carbonyl (C=O) groups is 2. The van der Waals surface area contributed by atoms with Gasteiger partial charge in [0.2, 0.25) is 0 Å². The SMILES string of the molecule is COC(=O)[C@@H]1C[C@@]2(O)C=C[C@@H](O)C[C@H]2N1C(=O)OC(C)(C)C. The normalized spacial score (nSPS) is 34.3. The molecule has 1 aliphatic carbocycles. The lowest BCUT2D eigenvalue weighted by Crippen LogP contribution is -2.52. The van der Waals surface area contributed by atoms with E-state index < -0.39 is 41.5 Å². The van der Waals surface area contributed by atoms with Gasteiger partial charge in [-0.2, -0.15) is 0 Å². The van der Waals surface area contributed by atoms with Crippen LogP contribution >= 0.6 is 0 Å². The number of hydrogen-bond donors (Lipinski definition) is 2. The minimum atomic E-state index is -1.37. The first-order chi connectivity index (χ1) is 10.1. The van der Waals surface area contributed by atoms with Gasteiger partial charge in [0.25, 0.3) is 0 Å². The van der Waals surface area contributed by atoms with E-state index in [1.54, 1.807) is 20.8 Å². The van der Waals surface area contributed by atoms with Crippen molar-refractivity contribution in [3.63, 3.8) is 0 Å². The van der Waals surface area contributed by atoms with Crippen LogP contribution in [-0.2, 0) is 14.3 Å². The Morgan fingerprint density at radius 3 is 2.55 bits per heavy atom. The van der Waals surface area contributed by atoms with Gasteiger partial charge in [-0.25, -0.2) is 9.59 Å². The average Bonchev–Trinajstić information content (AvgIpc) is 2.69. The van der Waals surface area contributed by atoms with Crippen molar-refractivity contribution in [1.82, 2.24) is 4.90 Å². The zero-order valence-corrected chi connectivity index (χ0v) is 13.3. The third-order valence-corrected chi connectivity index (χ3v) is 3.92. The second kappa shape index (κ2) is 5.55. The Morgan fingerprint density at radius 2 is 2.00 bits per heavy atom. The van der Waals surface area contributed by atoms with Gasteiger partial charge in [-0.1, -0.05) is 12.2 Å². The molecule has 0 aromatic rings. The first-order valence-electron chi connectivity index (χ1n) is 7.26. The molecule has 0 unspecified atom stereocenters. The van der Waals surface area contributed by atoms with Gasteiger partial charge in [0.1, 0.15) is 17.2 Å². The van der Waals surface area contributed by atoms with Gasteiger partial charge >= 0.3 is 12.1 Å². The number of hydrogen-bond acceptors (Lipinski definition) is 6. The van der Waals surface area contributed by atoms with Crippen LogP contribution in [0.25, 0.3) is 0 Å². The van der Waals surface area contributed by atoms with Crippen molar-refractivity contribution in [3.8, 4) is 0 Å². The first kappa shape index (κ1) is 16.8. The van der Waals surface area contributed by atoms with Gasteiger partial charge in [0.05, 0.1) is 19.3 Å². The number of aliphatic hydroxyl groups excluding tert-OH is 1. The van der Waals surface area contributed by atoms with Crippen molar-refractivity contribution in [2.75, 3.05) is 7.11 Å². The quantitative estimate of drug-likeness (QED) is 0.543. The van der Waals surface area contributed by atoms with Gasteiger partial charge in [-0.3, -0.25) is 4.90 Å². The highest BCUT2D eigenvalue weighted by molar-refractivity contribution is 5.83. The summed E-state index contributed by atoms with van der Waals surface area (Å²) in [6.45, 7) is 5.15. The number of ether oxygens (including phenoxy) is 2. The monoisotopic (exact) mass is 313 g/mol. The number of nitrogens with zero attached hydrogens (tertiary/aromatic N) is 1. The molecule has 0 aromatic carbocycles. The van der Waals surface area contributed by atoms with Gasteiger partial charge in [-0.05, 0) is 20.8 Å². The highest BCUT2D eigenvalue weighted by Crippen LogP contribution is 2.41. The molecule has 7 heteroatoms. The molecule has 0 saturated carbocycles. The molecule has 22 heavy (non-hydrogen) atoms. The van der Waals surface area contributed by atoms with E-state index >= 15 is 0 Å². The molecule has 1 amide bonds. The fourth-order valence-corrected chi connectivity index (χ4v) is 2.99. The lowest BCUT2D eigenvalue weighted by molar-refractivity contribution is -0.146. The summed E-state index contributed by atoms with van der Waals surface area (Å²) in [5, 5.41) is 20.5. The summed E-state index contributed by atoms with van der Waals surface area (Å²) in [6, 6.07) is -1.67. The third-order valence-electron chi connectivity index (χ3n) is 3.92. The summed E-state index contributed by atoms with van der Waals surface area (Å²) < 4.78 is 10.1. The molecular weight excluding hydrogens is 290 g/mol. The predicted molar refractivity (Wildman–Crippen MR) is 77.0 cm³/mol. The fourth-order valence-electron chi connectivity index (χ4n) is 2.99. The van der Waals surface area contributed by atoms with E-state index in [1.807, 2.05) is 0 Å². The Kier molecular flexibility index (Phi) is 4.23. The van der Waals surface area contributed by atoms with E-state index in [-0.39, 0.29) is 12.8 Å². The van der Waals surface area contributed by atoms with Gasteiger partial charge < -0.3 is 19.7 Å². The molecule has 0 radical (unpaired) electrons. The van der Waals surface area contributed by atoms with Crippen LogP contribution in [-0.4, -0.2) is 63.7 Å². The molecular formula is C15H23NO6. The smallest absolute Gasteiger partial charge is 0.411 e. The lowest BCUT2D eigenvalue weighted by Gasteiger charge is -2.37. The van der Waals surface area contributed by atoms with Crippen molar-refractivity contribution in [2.24, 2.45) is 0 Å². The second-order valence-electron chi connectivity index (χ2n) is 6.80. The number of esters is 1. The maximum Gasteiger partial charge on any atom is 0.411 e. The van der Waals surface area contributed by atoms with E-state index in [0.717, 1.165) is 0 Å². The molecule has 1 heterocycles. The van der Waals surface area contributed by atoms with Gasteiger partial charge in [0, 0.05) is 12.8 Å². The minimum Gasteiger partial charge on any atom is -0.467 e.